The van der Waals surface area contributed by atoms with Crippen LogP contribution in [0.4, 0.5) is 0 Å². The van der Waals surface area contributed by atoms with Gasteiger partial charge in [0.25, 0.3) is 0 Å². The minimum absolute atomic E-state index is 0.178. The standard InChI is InChI=1S/C15H20N4O2/c1-21-10-7-13(16)15(20)17-11-12-5-2-3-6-14(12)19-9-4-8-18-19/h2-6,8-9,13H,7,10-11,16H2,1H3,(H,17,20). The molecule has 0 spiro atoms. The average Bonchev–Trinajstić information content (AvgIpc) is 3.04. The molecular formula is C15H20N4O2. The predicted octanol–water partition coefficient (Wildman–Crippen LogP) is 0.852. The molecule has 1 aromatic heterocycles. The number of nitrogens with two attached hydrogens (primary N) is 1. The molecule has 1 heterocycles. The third-order valence-corrected chi connectivity index (χ3v) is 3.17. The molecule has 1 aromatic carbocycles. The number of nitrogens with zero attached hydrogens (tertiary/aromatic N) is 2. The van der Waals surface area contributed by atoms with Crippen molar-refractivity contribution in [1.29, 1.82) is 0 Å². The summed E-state index contributed by atoms with van der Waals surface area (Å²) in [5.41, 5.74) is 7.71. The molecule has 2 rings (SSSR count). The van der Waals surface area contributed by atoms with Crippen molar-refractivity contribution < 1.29 is 9.53 Å². The smallest absolute Gasteiger partial charge is 0.237 e. The van der Waals surface area contributed by atoms with Crippen LogP contribution in [-0.4, -0.2) is 35.4 Å². The van der Waals surface area contributed by atoms with Crippen LogP contribution in [0.3, 0.4) is 0 Å². The lowest BCUT2D eigenvalue weighted by molar-refractivity contribution is -0.122. The summed E-state index contributed by atoms with van der Waals surface area (Å²) in [6, 6.07) is 9.08. The molecular weight excluding hydrogens is 268 g/mol. The lowest BCUT2D eigenvalue weighted by atomic mass is 10.1. The van der Waals surface area contributed by atoms with Gasteiger partial charge in [-0.1, -0.05) is 18.2 Å². The molecule has 0 aliphatic heterocycles. The van der Waals surface area contributed by atoms with Gasteiger partial charge in [-0.15, -0.1) is 0 Å². The molecule has 0 fully saturated rings. The van der Waals surface area contributed by atoms with Crippen LogP contribution in [0.2, 0.25) is 0 Å². The van der Waals surface area contributed by atoms with E-state index < -0.39 is 6.04 Å². The van der Waals surface area contributed by atoms with Crippen LogP contribution >= 0.6 is 0 Å². The van der Waals surface area contributed by atoms with Crippen molar-refractivity contribution >= 4 is 5.91 Å². The molecule has 2 aromatic rings. The van der Waals surface area contributed by atoms with E-state index >= 15 is 0 Å². The zero-order chi connectivity index (χ0) is 15.1. The summed E-state index contributed by atoms with van der Waals surface area (Å²) in [4.78, 5) is 11.9. The first-order chi connectivity index (χ1) is 10.2. The van der Waals surface area contributed by atoms with Gasteiger partial charge in [0.05, 0.1) is 11.7 Å². The predicted molar refractivity (Wildman–Crippen MR) is 79.9 cm³/mol. The molecule has 6 heteroatoms. The number of benzene rings is 1. The summed E-state index contributed by atoms with van der Waals surface area (Å²) < 4.78 is 6.69. The monoisotopic (exact) mass is 288 g/mol. The summed E-state index contributed by atoms with van der Waals surface area (Å²) >= 11 is 0. The number of amides is 1. The second-order valence-corrected chi connectivity index (χ2v) is 4.69. The number of hydrogen-bond acceptors (Lipinski definition) is 4. The Kier molecular flexibility index (Phi) is 5.48. The van der Waals surface area contributed by atoms with Crippen molar-refractivity contribution in [2.45, 2.75) is 19.0 Å². The van der Waals surface area contributed by atoms with Crippen LogP contribution in [0.25, 0.3) is 5.69 Å². The Labute approximate surface area is 123 Å². The maximum Gasteiger partial charge on any atom is 0.237 e. The number of nitrogens with one attached hydrogen (secondary N) is 1. The Hall–Kier alpha value is -2.18. The van der Waals surface area contributed by atoms with E-state index in [1.807, 2.05) is 36.5 Å². The van der Waals surface area contributed by atoms with Crippen molar-refractivity contribution in [3.05, 3.63) is 48.3 Å². The molecule has 1 atom stereocenters. The maximum atomic E-state index is 11.9. The van der Waals surface area contributed by atoms with Crippen LogP contribution in [0, 0.1) is 0 Å². The maximum absolute atomic E-state index is 11.9. The summed E-state index contributed by atoms with van der Waals surface area (Å²) in [5, 5.41) is 7.06. The first kappa shape index (κ1) is 15.2. The average molecular weight is 288 g/mol. The highest BCUT2D eigenvalue weighted by Crippen LogP contribution is 2.13. The van der Waals surface area contributed by atoms with Crippen molar-refractivity contribution in [2.24, 2.45) is 5.73 Å². The topological polar surface area (TPSA) is 82.2 Å². The fraction of sp³-hybridized carbons (Fsp3) is 0.333. The van der Waals surface area contributed by atoms with Gasteiger partial charge in [0.2, 0.25) is 5.91 Å². The quantitative estimate of drug-likeness (QED) is 0.791. The first-order valence-corrected chi connectivity index (χ1v) is 6.82. The number of aromatic nitrogens is 2. The van der Waals surface area contributed by atoms with E-state index in [4.69, 9.17) is 10.5 Å². The van der Waals surface area contributed by atoms with Gasteiger partial charge in [-0.05, 0) is 24.1 Å². The van der Waals surface area contributed by atoms with Gasteiger partial charge in [-0.3, -0.25) is 4.79 Å². The van der Waals surface area contributed by atoms with Crippen LogP contribution < -0.4 is 11.1 Å². The molecule has 0 aliphatic rings. The number of carbonyl (C=O) groups is 1. The summed E-state index contributed by atoms with van der Waals surface area (Å²) in [6.45, 7) is 0.883. The van der Waals surface area contributed by atoms with E-state index in [1.165, 1.54) is 0 Å². The summed E-state index contributed by atoms with van der Waals surface area (Å²) in [6.07, 6.45) is 4.09. The van der Waals surface area contributed by atoms with Crippen molar-refractivity contribution in [1.82, 2.24) is 15.1 Å². The van der Waals surface area contributed by atoms with Crippen LogP contribution in [-0.2, 0) is 16.1 Å². The molecule has 3 N–H and O–H groups in total. The van der Waals surface area contributed by atoms with E-state index in [-0.39, 0.29) is 5.91 Å². The molecule has 21 heavy (non-hydrogen) atoms. The minimum atomic E-state index is -0.554. The molecule has 112 valence electrons. The zero-order valence-electron chi connectivity index (χ0n) is 12.0. The van der Waals surface area contributed by atoms with Gasteiger partial charge in [0.15, 0.2) is 0 Å². The SMILES string of the molecule is COCCC(N)C(=O)NCc1ccccc1-n1cccn1. The molecule has 0 saturated carbocycles. The molecule has 6 nitrogen and oxygen atoms in total. The molecule has 0 aliphatic carbocycles. The fourth-order valence-corrected chi connectivity index (χ4v) is 1.98. The fourth-order valence-electron chi connectivity index (χ4n) is 1.98. The van der Waals surface area contributed by atoms with E-state index in [0.29, 0.717) is 19.6 Å². The van der Waals surface area contributed by atoms with Crippen LogP contribution in [0.5, 0.6) is 0 Å². The molecule has 0 bridgehead atoms. The molecule has 1 unspecified atom stereocenters. The highest BCUT2D eigenvalue weighted by molar-refractivity contribution is 5.81. The molecule has 1 amide bonds. The Morgan fingerprint density at radius 1 is 1.43 bits per heavy atom. The van der Waals surface area contributed by atoms with Gasteiger partial charge in [-0.25, -0.2) is 4.68 Å². The summed E-state index contributed by atoms with van der Waals surface area (Å²) in [7, 11) is 1.59. The Balaban J connectivity index is 1.99. The minimum Gasteiger partial charge on any atom is -0.385 e. The van der Waals surface area contributed by atoms with E-state index in [2.05, 4.69) is 10.4 Å². The van der Waals surface area contributed by atoms with Crippen LogP contribution in [0.1, 0.15) is 12.0 Å². The third kappa shape index (κ3) is 4.14. The van der Waals surface area contributed by atoms with Gasteiger partial charge < -0.3 is 15.8 Å². The van der Waals surface area contributed by atoms with Gasteiger partial charge >= 0.3 is 0 Å². The lowest BCUT2D eigenvalue weighted by Gasteiger charge is -2.14. The number of rotatable bonds is 7. The molecule has 0 saturated heterocycles. The van der Waals surface area contributed by atoms with Gasteiger partial charge in [-0.2, -0.15) is 5.10 Å². The number of para-hydroxylation sites is 1. The number of carbonyl (C=O) groups excluding carboxylic acids is 1. The largest absolute Gasteiger partial charge is 0.385 e. The van der Waals surface area contributed by atoms with Crippen molar-refractivity contribution in [3.8, 4) is 5.69 Å². The van der Waals surface area contributed by atoms with E-state index in [1.54, 1.807) is 18.0 Å². The zero-order valence-corrected chi connectivity index (χ0v) is 12.0. The number of methoxy groups -OCH3 is 1. The number of hydrogen-bond donors (Lipinski definition) is 2. The number of ether oxygens (including phenoxy) is 1. The van der Waals surface area contributed by atoms with Crippen molar-refractivity contribution in [3.63, 3.8) is 0 Å². The summed E-state index contributed by atoms with van der Waals surface area (Å²) in [5.74, 6) is -0.178. The highest BCUT2D eigenvalue weighted by atomic mass is 16.5. The second-order valence-electron chi connectivity index (χ2n) is 4.69. The van der Waals surface area contributed by atoms with E-state index in [9.17, 15) is 4.79 Å². The Morgan fingerprint density at radius 2 is 2.24 bits per heavy atom. The lowest BCUT2D eigenvalue weighted by Crippen LogP contribution is -2.41. The van der Waals surface area contributed by atoms with E-state index in [0.717, 1.165) is 11.3 Å². The van der Waals surface area contributed by atoms with Gasteiger partial charge in [0, 0.05) is 32.7 Å². The second kappa shape index (κ2) is 7.56. The Morgan fingerprint density at radius 3 is 2.95 bits per heavy atom. The van der Waals surface area contributed by atoms with Gasteiger partial charge in [0.1, 0.15) is 0 Å². The normalized spacial score (nSPS) is 12.1. The molecule has 0 radical (unpaired) electrons. The highest BCUT2D eigenvalue weighted by Gasteiger charge is 2.13. The van der Waals surface area contributed by atoms with Crippen LogP contribution in [0.15, 0.2) is 42.7 Å². The third-order valence-electron chi connectivity index (χ3n) is 3.17. The Bertz CT molecular complexity index is 569. The first-order valence-electron chi connectivity index (χ1n) is 6.82. The van der Waals surface area contributed by atoms with Crippen molar-refractivity contribution in [2.75, 3.05) is 13.7 Å².